The molecule has 0 aliphatic rings. The maximum Gasteiger partial charge on any atom is 0.385 e. The lowest BCUT2D eigenvalue weighted by Crippen LogP contribution is -2.07. The molecule has 0 amide bonds. The van der Waals surface area contributed by atoms with Gasteiger partial charge in [-0.15, -0.1) is 0 Å². The van der Waals surface area contributed by atoms with Crippen molar-refractivity contribution in [3.63, 3.8) is 0 Å². The SMILES string of the molecule is CCCP(=O)(O)OP(=O)(CCC)OP(=O)(CCC)O[S+](C)C. The summed E-state index contributed by atoms with van der Waals surface area (Å²) in [6.07, 6.45) is 4.60. The van der Waals surface area contributed by atoms with E-state index in [4.69, 9.17) is 12.6 Å². The number of hydrogen-bond donors (Lipinski definition) is 1. The summed E-state index contributed by atoms with van der Waals surface area (Å²) >= 11 is -0.648. The van der Waals surface area contributed by atoms with E-state index in [-0.39, 0.29) is 18.5 Å². The molecular weight excluding hydrogens is 369 g/mol. The normalized spacial score (nSPS) is 20.3. The topological polar surface area (TPSA) is 99.1 Å². The maximum atomic E-state index is 12.7. The Balaban J connectivity index is 5.32. The molecule has 0 aromatic heterocycles. The molecule has 11 heteroatoms. The summed E-state index contributed by atoms with van der Waals surface area (Å²) in [5, 5.41) is 0. The summed E-state index contributed by atoms with van der Waals surface area (Å²) < 4.78 is 52.9. The van der Waals surface area contributed by atoms with E-state index in [0.29, 0.717) is 19.3 Å². The third-order valence-electron chi connectivity index (χ3n) is 2.26. The lowest BCUT2D eigenvalue weighted by Gasteiger charge is -2.23. The first-order chi connectivity index (χ1) is 10.0. The van der Waals surface area contributed by atoms with E-state index in [0.717, 1.165) is 0 Å². The third-order valence-corrected chi connectivity index (χ3v) is 11.4. The van der Waals surface area contributed by atoms with Crippen molar-refractivity contribution in [2.75, 3.05) is 31.0 Å². The van der Waals surface area contributed by atoms with Gasteiger partial charge < -0.3 is 4.89 Å². The van der Waals surface area contributed by atoms with Gasteiger partial charge in [0.05, 0.1) is 18.5 Å². The lowest BCUT2D eigenvalue weighted by molar-refractivity contribution is 0.320. The van der Waals surface area contributed by atoms with Crippen molar-refractivity contribution in [1.82, 2.24) is 0 Å². The van der Waals surface area contributed by atoms with Gasteiger partial charge in [0.15, 0.2) is 11.2 Å². The molecule has 3 atom stereocenters. The highest BCUT2D eigenvalue weighted by Gasteiger charge is 2.43. The second-order valence-electron chi connectivity index (χ2n) is 5.01. The Morgan fingerprint density at radius 1 is 0.818 bits per heavy atom. The van der Waals surface area contributed by atoms with Crippen molar-refractivity contribution >= 4 is 34.0 Å². The standard InChI is InChI=1S/C11H27O7P3S/c1-6-9-19(12,13)16-20(14,10-7-2)17-21(15,11-8-3)18-22(4)5/h6-11H2,1-5H3/p+1. The smallest absolute Gasteiger partial charge is 0.324 e. The summed E-state index contributed by atoms with van der Waals surface area (Å²) in [7, 11) is -11.7. The molecule has 134 valence electrons. The molecule has 0 aromatic rings. The van der Waals surface area contributed by atoms with Crippen LogP contribution in [0.25, 0.3) is 0 Å². The minimum Gasteiger partial charge on any atom is -0.324 e. The van der Waals surface area contributed by atoms with Gasteiger partial charge in [0, 0.05) is 0 Å². The Labute approximate surface area is 136 Å². The van der Waals surface area contributed by atoms with Gasteiger partial charge in [-0.05, 0) is 19.3 Å². The van der Waals surface area contributed by atoms with E-state index in [1.807, 2.05) is 0 Å². The highest BCUT2D eigenvalue weighted by atomic mass is 32.2. The van der Waals surface area contributed by atoms with Crippen molar-refractivity contribution in [3.05, 3.63) is 0 Å². The summed E-state index contributed by atoms with van der Waals surface area (Å²) in [5.41, 5.74) is 0. The van der Waals surface area contributed by atoms with Crippen LogP contribution in [0.2, 0.25) is 0 Å². The maximum absolute atomic E-state index is 12.7. The monoisotopic (exact) mass is 397 g/mol. The zero-order valence-corrected chi connectivity index (χ0v) is 17.4. The van der Waals surface area contributed by atoms with Crippen LogP contribution in [0.4, 0.5) is 0 Å². The van der Waals surface area contributed by atoms with Gasteiger partial charge in [-0.3, -0.25) is 13.7 Å². The molecule has 0 fully saturated rings. The molecule has 0 saturated heterocycles. The third kappa shape index (κ3) is 9.24. The van der Waals surface area contributed by atoms with Crippen LogP contribution in [0.1, 0.15) is 40.0 Å². The van der Waals surface area contributed by atoms with Crippen molar-refractivity contribution < 1.29 is 31.2 Å². The summed E-state index contributed by atoms with van der Waals surface area (Å²) in [6.45, 7) is 5.24. The molecule has 0 aromatic carbocycles. The number of rotatable bonds is 12. The van der Waals surface area contributed by atoms with E-state index >= 15 is 0 Å². The van der Waals surface area contributed by atoms with Crippen LogP contribution in [0.5, 0.6) is 0 Å². The van der Waals surface area contributed by atoms with Crippen LogP contribution in [-0.2, 0) is 37.5 Å². The molecule has 7 nitrogen and oxygen atoms in total. The van der Waals surface area contributed by atoms with Gasteiger partial charge in [0.2, 0.25) is 0 Å². The molecule has 3 unspecified atom stereocenters. The van der Waals surface area contributed by atoms with Crippen LogP contribution in [0.3, 0.4) is 0 Å². The molecule has 0 aliphatic heterocycles. The van der Waals surface area contributed by atoms with Crippen LogP contribution in [-0.4, -0.2) is 35.9 Å². The Morgan fingerprint density at radius 3 is 1.68 bits per heavy atom. The van der Waals surface area contributed by atoms with Crippen LogP contribution in [0, 0.1) is 0 Å². The van der Waals surface area contributed by atoms with Gasteiger partial charge in [-0.25, -0.2) is 8.62 Å². The molecule has 0 rings (SSSR count). The molecule has 0 aliphatic carbocycles. The molecule has 0 radical (unpaired) electrons. The summed E-state index contributed by atoms with van der Waals surface area (Å²) in [5.74, 6) is 0. The van der Waals surface area contributed by atoms with Crippen LogP contribution >= 0.6 is 22.8 Å². The Kier molecular flexibility index (Phi) is 10.4. The van der Waals surface area contributed by atoms with Crippen molar-refractivity contribution in [2.45, 2.75) is 40.0 Å². The molecule has 0 bridgehead atoms. The number of hydrogen-bond acceptors (Lipinski definition) is 6. The fourth-order valence-electron chi connectivity index (χ4n) is 1.67. The lowest BCUT2D eigenvalue weighted by atomic mass is 10.6. The first-order valence-corrected chi connectivity index (χ1v) is 14.4. The van der Waals surface area contributed by atoms with Crippen molar-refractivity contribution in [1.29, 1.82) is 0 Å². The Hall–Kier alpha value is 0.880. The minimum absolute atomic E-state index is 0.0821. The van der Waals surface area contributed by atoms with Crippen molar-refractivity contribution in [2.24, 2.45) is 0 Å². The molecular formula is C11H28O7P3S+. The van der Waals surface area contributed by atoms with E-state index in [1.54, 1.807) is 33.3 Å². The van der Waals surface area contributed by atoms with Crippen LogP contribution < -0.4 is 0 Å². The minimum atomic E-state index is -4.05. The van der Waals surface area contributed by atoms with E-state index in [2.05, 4.69) is 0 Å². The largest absolute Gasteiger partial charge is 0.385 e. The molecule has 1 N–H and O–H groups in total. The Bertz CT molecular complexity index is 469. The zero-order valence-electron chi connectivity index (χ0n) is 13.9. The van der Waals surface area contributed by atoms with Crippen LogP contribution in [0.15, 0.2) is 0 Å². The quantitative estimate of drug-likeness (QED) is 0.379. The zero-order chi connectivity index (χ0) is 17.4. The predicted octanol–water partition coefficient (Wildman–Crippen LogP) is 4.63. The van der Waals surface area contributed by atoms with Gasteiger partial charge >= 0.3 is 22.8 Å². The highest BCUT2D eigenvalue weighted by molar-refractivity contribution is 7.95. The fourth-order valence-corrected chi connectivity index (χ4v) is 10.6. The molecule has 0 saturated carbocycles. The fraction of sp³-hybridized carbons (Fsp3) is 1.00. The van der Waals surface area contributed by atoms with Gasteiger partial charge in [-0.1, -0.05) is 24.7 Å². The van der Waals surface area contributed by atoms with E-state index in [9.17, 15) is 18.6 Å². The van der Waals surface area contributed by atoms with E-state index in [1.165, 1.54) is 0 Å². The average molecular weight is 397 g/mol. The highest BCUT2D eigenvalue weighted by Crippen LogP contribution is 2.71. The molecule has 0 spiro atoms. The molecule has 0 heterocycles. The van der Waals surface area contributed by atoms with Gasteiger partial charge in [-0.2, -0.15) is 0 Å². The Morgan fingerprint density at radius 2 is 1.27 bits per heavy atom. The van der Waals surface area contributed by atoms with Gasteiger partial charge in [0.25, 0.3) is 0 Å². The first kappa shape index (κ1) is 22.9. The average Bonchev–Trinajstić information content (AvgIpc) is 2.25. The second kappa shape index (κ2) is 10.0. The predicted molar refractivity (Wildman–Crippen MR) is 93.0 cm³/mol. The first-order valence-electron chi connectivity index (χ1n) is 7.21. The van der Waals surface area contributed by atoms with Crippen molar-refractivity contribution in [3.8, 4) is 0 Å². The van der Waals surface area contributed by atoms with E-state index < -0.39 is 34.0 Å². The second-order valence-corrected chi connectivity index (χ2v) is 13.5. The molecule has 22 heavy (non-hydrogen) atoms. The summed E-state index contributed by atoms with van der Waals surface area (Å²) in [4.78, 5) is 9.74. The summed E-state index contributed by atoms with van der Waals surface area (Å²) in [6, 6.07) is 0. The van der Waals surface area contributed by atoms with Gasteiger partial charge in [0.1, 0.15) is 12.5 Å².